The zero-order valence-electron chi connectivity index (χ0n) is 8.49. The van der Waals surface area contributed by atoms with E-state index >= 15 is 0 Å². The van der Waals surface area contributed by atoms with Crippen LogP contribution >= 0.6 is 15.9 Å². The maximum Gasteiger partial charge on any atom is 0.339 e. The summed E-state index contributed by atoms with van der Waals surface area (Å²) >= 11 is 3.10. The highest BCUT2D eigenvalue weighted by Gasteiger charge is 2.14. The number of phenolic OH excluding ortho intramolecular Hbond substituents is 1. The van der Waals surface area contributed by atoms with Crippen molar-refractivity contribution in [2.75, 3.05) is 13.7 Å². The summed E-state index contributed by atoms with van der Waals surface area (Å²) in [6.45, 7) is -0.0976. The van der Waals surface area contributed by atoms with E-state index in [-0.39, 0.29) is 23.7 Å². The Bertz CT molecular complexity index is 448. The van der Waals surface area contributed by atoms with E-state index in [1.165, 1.54) is 19.2 Å². The maximum absolute atomic E-state index is 11.5. The molecular weight excluding hydrogens is 276 g/mol. The predicted molar refractivity (Wildman–Crippen MR) is 61.5 cm³/mol. The number of rotatable bonds is 3. The van der Waals surface area contributed by atoms with Crippen molar-refractivity contribution in [3.63, 3.8) is 0 Å². The first-order chi connectivity index (χ1) is 7.60. The Kier molecular flexibility index (Phi) is 4.20. The quantitative estimate of drug-likeness (QED) is 0.681. The Morgan fingerprint density at radius 2 is 2.31 bits per heavy atom. The third-order valence-corrected chi connectivity index (χ3v) is 2.38. The second-order valence-electron chi connectivity index (χ2n) is 2.79. The molecule has 0 spiro atoms. The number of benzene rings is 1. The lowest BCUT2D eigenvalue weighted by atomic mass is 10.2. The molecule has 0 fully saturated rings. The Morgan fingerprint density at radius 3 is 2.88 bits per heavy atom. The van der Waals surface area contributed by atoms with Crippen molar-refractivity contribution in [1.82, 2.24) is 0 Å². The number of halogens is 1. The molecule has 5 heteroatoms. The largest absolute Gasteiger partial charge is 0.503 e. The van der Waals surface area contributed by atoms with Gasteiger partial charge in [-0.15, -0.1) is 6.42 Å². The van der Waals surface area contributed by atoms with Gasteiger partial charge < -0.3 is 14.6 Å². The SMILES string of the molecule is C#CCOC(=O)c1cc(Br)c(O)c(OC)c1. The molecule has 0 aliphatic heterocycles. The van der Waals surface area contributed by atoms with Crippen molar-refractivity contribution in [3.8, 4) is 23.8 Å². The standard InChI is InChI=1S/C11H9BrO4/c1-3-4-16-11(14)7-5-8(12)10(13)9(6-7)15-2/h1,5-6,13H,4H2,2H3. The van der Waals surface area contributed by atoms with Crippen molar-refractivity contribution >= 4 is 21.9 Å². The summed E-state index contributed by atoms with van der Waals surface area (Å²) < 4.78 is 9.98. The van der Waals surface area contributed by atoms with Crippen LogP contribution in [0.4, 0.5) is 0 Å². The zero-order valence-corrected chi connectivity index (χ0v) is 10.1. The van der Waals surface area contributed by atoms with Gasteiger partial charge in [0, 0.05) is 0 Å². The fourth-order valence-electron chi connectivity index (χ4n) is 1.04. The van der Waals surface area contributed by atoms with Gasteiger partial charge in [0.15, 0.2) is 18.1 Å². The van der Waals surface area contributed by atoms with Gasteiger partial charge in [0.2, 0.25) is 0 Å². The molecule has 0 radical (unpaired) electrons. The number of carbonyl (C=O) groups is 1. The van der Waals surface area contributed by atoms with Crippen LogP contribution < -0.4 is 4.74 Å². The lowest BCUT2D eigenvalue weighted by Crippen LogP contribution is -2.05. The van der Waals surface area contributed by atoms with Gasteiger partial charge in [-0.1, -0.05) is 5.92 Å². The number of methoxy groups -OCH3 is 1. The van der Waals surface area contributed by atoms with Crippen LogP contribution in [-0.2, 0) is 4.74 Å². The molecule has 1 rings (SSSR count). The number of carbonyl (C=O) groups excluding carboxylic acids is 1. The molecule has 84 valence electrons. The molecular formula is C11H9BrO4. The molecule has 0 aliphatic rings. The van der Waals surface area contributed by atoms with Crippen LogP contribution in [0.2, 0.25) is 0 Å². The van der Waals surface area contributed by atoms with Gasteiger partial charge in [-0.25, -0.2) is 4.79 Å². The van der Waals surface area contributed by atoms with Gasteiger partial charge in [-0.3, -0.25) is 0 Å². The lowest BCUT2D eigenvalue weighted by Gasteiger charge is -2.07. The summed E-state index contributed by atoms with van der Waals surface area (Å²) in [5.74, 6) is 1.72. The summed E-state index contributed by atoms with van der Waals surface area (Å²) in [5.41, 5.74) is 0.247. The molecule has 1 aromatic rings. The van der Waals surface area contributed by atoms with E-state index in [1.54, 1.807) is 0 Å². The third kappa shape index (κ3) is 2.67. The smallest absolute Gasteiger partial charge is 0.339 e. The van der Waals surface area contributed by atoms with E-state index in [4.69, 9.17) is 15.9 Å². The number of esters is 1. The van der Waals surface area contributed by atoms with Gasteiger partial charge in [0.05, 0.1) is 17.1 Å². The highest BCUT2D eigenvalue weighted by molar-refractivity contribution is 9.10. The average Bonchev–Trinajstić information content (AvgIpc) is 2.29. The minimum Gasteiger partial charge on any atom is -0.503 e. The second kappa shape index (κ2) is 5.42. The van der Waals surface area contributed by atoms with Crippen molar-refractivity contribution in [2.24, 2.45) is 0 Å². The normalized spacial score (nSPS) is 9.31. The molecule has 16 heavy (non-hydrogen) atoms. The Morgan fingerprint density at radius 1 is 1.62 bits per heavy atom. The third-order valence-electron chi connectivity index (χ3n) is 1.77. The number of hydrogen-bond acceptors (Lipinski definition) is 4. The molecule has 0 heterocycles. The molecule has 0 unspecified atom stereocenters. The summed E-state index contributed by atoms with van der Waals surface area (Å²) in [5, 5.41) is 9.52. The summed E-state index contributed by atoms with van der Waals surface area (Å²) in [4.78, 5) is 11.5. The average molecular weight is 285 g/mol. The van der Waals surface area contributed by atoms with Crippen molar-refractivity contribution in [1.29, 1.82) is 0 Å². The Labute approximate surface area is 101 Å². The van der Waals surface area contributed by atoms with Crippen LogP contribution in [0.3, 0.4) is 0 Å². The molecule has 0 aromatic heterocycles. The van der Waals surface area contributed by atoms with Crippen LogP contribution in [0.25, 0.3) is 0 Å². The summed E-state index contributed by atoms with van der Waals surface area (Å²) in [6.07, 6.45) is 4.96. The highest BCUT2D eigenvalue weighted by Crippen LogP contribution is 2.35. The predicted octanol–water partition coefficient (Wildman–Crippen LogP) is 1.95. The number of phenols is 1. The molecule has 0 amide bonds. The van der Waals surface area contributed by atoms with Gasteiger partial charge in [0.25, 0.3) is 0 Å². The molecule has 0 bridgehead atoms. The zero-order chi connectivity index (χ0) is 12.1. The molecule has 1 N–H and O–H groups in total. The van der Waals surface area contributed by atoms with Gasteiger partial charge in [-0.05, 0) is 28.1 Å². The first kappa shape index (κ1) is 12.4. The summed E-state index contributed by atoms with van der Waals surface area (Å²) in [6, 6.07) is 2.80. The topological polar surface area (TPSA) is 55.8 Å². The second-order valence-corrected chi connectivity index (χ2v) is 3.64. The Balaban J connectivity index is 3.02. The van der Waals surface area contributed by atoms with Crippen LogP contribution in [0, 0.1) is 12.3 Å². The molecule has 0 saturated heterocycles. The van der Waals surface area contributed by atoms with Crippen molar-refractivity contribution in [2.45, 2.75) is 0 Å². The summed E-state index contributed by atoms with van der Waals surface area (Å²) in [7, 11) is 1.39. The minimum atomic E-state index is -0.572. The van der Waals surface area contributed by atoms with Crippen LogP contribution in [-0.4, -0.2) is 24.8 Å². The number of ether oxygens (including phenoxy) is 2. The number of hydrogen-bond donors (Lipinski definition) is 1. The van der Waals surface area contributed by atoms with Crippen molar-refractivity contribution in [3.05, 3.63) is 22.2 Å². The van der Waals surface area contributed by atoms with E-state index in [9.17, 15) is 9.90 Å². The first-order valence-corrected chi connectivity index (χ1v) is 5.06. The first-order valence-electron chi connectivity index (χ1n) is 4.27. The van der Waals surface area contributed by atoms with Crippen LogP contribution in [0.15, 0.2) is 16.6 Å². The molecule has 4 nitrogen and oxygen atoms in total. The van der Waals surface area contributed by atoms with Crippen LogP contribution in [0.1, 0.15) is 10.4 Å². The van der Waals surface area contributed by atoms with Gasteiger partial charge in [0.1, 0.15) is 0 Å². The lowest BCUT2D eigenvalue weighted by molar-refractivity contribution is 0.0556. The maximum atomic E-state index is 11.5. The molecule has 0 aliphatic carbocycles. The van der Waals surface area contributed by atoms with Crippen LogP contribution in [0.5, 0.6) is 11.5 Å². The van der Waals surface area contributed by atoms with Gasteiger partial charge >= 0.3 is 5.97 Å². The van der Waals surface area contributed by atoms with Gasteiger partial charge in [-0.2, -0.15) is 0 Å². The molecule has 0 atom stereocenters. The highest BCUT2D eigenvalue weighted by atomic mass is 79.9. The number of aromatic hydroxyl groups is 1. The fourth-order valence-corrected chi connectivity index (χ4v) is 1.48. The number of terminal acetylenes is 1. The molecule has 1 aromatic carbocycles. The van der Waals surface area contributed by atoms with E-state index in [0.717, 1.165) is 0 Å². The van der Waals surface area contributed by atoms with E-state index in [1.807, 2.05) is 0 Å². The molecule has 0 saturated carbocycles. The van der Waals surface area contributed by atoms with Crippen molar-refractivity contribution < 1.29 is 19.4 Å². The van der Waals surface area contributed by atoms with E-state index in [0.29, 0.717) is 4.47 Å². The monoisotopic (exact) mass is 284 g/mol. The minimum absolute atomic E-state index is 0.0731. The van der Waals surface area contributed by atoms with E-state index < -0.39 is 5.97 Å². The Hall–Kier alpha value is -1.67. The van der Waals surface area contributed by atoms with E-state index in [2.05, 4.69) is 21.9 Å². The fraction of sp³-hybridized carbons (Fsp3) is 0.182.